The standard InChI is InChI=1S/C10H14FN3O/c1-14(13)10(15)9(12)6-7-4-2-3-5-8(7)11/h2-5,9H,6,12-13H2,1H3. The summed E-state index contributed by atoms with van der Waals surface area (Å²) in [7, 11) is 1.41. The summed E-state index contributed by atoms with van der Waals surface area (Å²) < 4.78 is 13.2. The molecule has 15 heavy (non-hydrogen) atoms. The number of benzene rings is 1. The van der Waals surface area contributed by atoms with E-state index in [1.807, 2.05) is 0 Å². The summed E-state index contributed by atoms with van der Waals surface area (Å²) in [4.78, 5) is 11.3. The van der Waals surface area contributed by atoms with Crippen molar-refractivity contribution < 1.29 is 9.18 Å². The first-order valence-electron chi connectivity index (χ1n) is 4.53. The molecule has 0 aromatic heterocycles. The monoisotopic (exact) mass is 211 g/mol. The number of hydrazine groups is 1. The fraction of sp³-hybridized carbons (Fsp3) is 0.300. The van der Waals surface area contributed by atoms with Crippen LogP contribution in [-0.2, 0) is 11.2 Å². The van der Waals surface area contributed by atoms with Crippen molar-refractivity contribution in [2.75, 3.05) is 7.05 Å². The molecule has 1 unspecified atom stereocenters. The van der Waals surface area contributed by atoms with E-state index in [1.165, 1.54) is 13.1 Å². The lowest BCUT2D eigenvalue weighted by Crippen LogP contribution is -2.46. The molecule has 4 N–H and O–H groups in total. The van der Waals surface area contributed by atoms with Crippen molar-refractivity contribution in [2.45, 2.75) is 12.5 Å². The minimum Gasteiger partial charge on any atom is -0.320 e. The topological polar surface area (TPSA) is 72.3 Å². The normalized spacial score (nSPS) is 12.3. The maximum absolute atomic E-state index is 13.2. The van der Waals surface area contributed by atoms with Gasteiger partial charge < -0.3 is 5.73 Å². The molecule has 1 aromatic carbocycles. The van der Waals surface area contributed by atoms with Gasteiger partial charge in [-0.3, -0.25) is 9.80 Å². The van der Waals surface area contributed by atoms with Crippen LogP contribution in [0, 0.1) is 5.82 Å². The Labute approximate surface area is 87.6 Å². The molecule has 0 bridgehead atoms. The minimum atomic E-state index is -0.808. The SMILES string of the molecule is CN(N)C(=O)C(N)Cc1ccccc1F. The second kappa shape index (κ2) is 4.86. The number of nitrogens with two attached hydrogens (primary N) is 2. The molecule has 0 fully saturated rings. The number of nitrogens with zero attached hydrogens (tertiary/aromatic N) is 1. The highest BCUT2D eigenvalue weighted by molar-refractivity contribution is 5.81. The number of hydrogen-bond acceptors (Lipinski definition) is 3. The van der Waals surface area contributed by atoms with Crippen LogP contribution in [0.2, 0.25) is 0 Å². The van der Waals surface area contributed by atoms with Crippen LogP contribution >= 0.6 is 0 Å². The highest BCUT2D eigenvalue weighted by atomic mass is 19.1. The van der Waals surface area contributed by atoms with Gasteiger partial charge in [-0.25, -0.2) is 10.2 Å². The second-order valence-corrected chi connectivity index (χ2v) is 3.35. The molecule has 0 aliphatic rings. The first-order valence-corrected chi connectivity index (χ1v) is 4.53. The molecule has 0 saturated carbocycles. The quantitative estimate of drug-likeness (QED) is 0.421. The van der Waals surface area contributed by atoms with E-state index in [0.29, 0.717) is 5.56 Å². The summed E-state index contributed by atoms with van der Waals surface area (Å²) in [6.45, 7) is 0. The molecule has 1 rings (SSSR count). The van der Waals surface area contributed by atoms with E-state index in [-0.39, 0.29) is 12.2 Å². The molecule has 1 atom stereocenters. The molecule has 0 aliphatic heterocycles. The van der Waals surface area contributed by atoms with Crippen molar-refractivity contribution >= 4 is 5.91 Å². The van der Waals surface area contributed by atoms with E-state index in [0.717, 1.165) is 5.01 Å². The third-order valence-corrected chi connectivity index (χ3v) is 2.06. The van der Waals surface area contributed by atoms with E-state index in [9.17, 15) is 9.18 Å². The Morgan fingerprint density at radius 2 is 2.13 bits per heavy atom. The summed E-state index contributed by atoms with van der Waals surface area (Å²) in [5.74, 6) is 4.46. The molecular formula is C10H14FN3O. The Hall–Kier alpha value is -1.46. The number of carbonyl (C=O) groups excluding carboxylic acids is 1. The van der Waals surface area contributed by atoms with Gasteiger partial charge in [-0.15, -0.1) is 0 Å². The van der Waals surface area contributed by atoms with Crippen molar-refractivity contribution in [1.82, 2.24) is 5.01 Å². The maximum Gasteiger partial charge on any atom is 0.253 e. The summed E-state index contributed by atoms with van der Waals surface area (Å²) in [5.41, 5.74) is 6.00. The Kier molecular flexibility index (Phi) is 3.76. The van der Waals surface area contributed by atoms with Crippen LogP contribution in [-0.4, -0.2) is 24.0 Å². The van der Waals surface area contributed by atoms with Gasteiger partial charge >= 0.3 is 0 Å². The van der Waals surface area contributed by atoms with Crippen molar-refractivity contribution in [2.24, 2.45) is 11.6 Å². The smallest absolute Gasteiger partial charge is 0.253 e. The molecule has 0 spiro atoms. The van der Waals surface area contributed by atoms with E-state index >= 15 is 0 Å². The van der Waals surface area contributed by atoms with Gasteiger partial charge in [-0.2, -0.15) is 0 Å². The van der Waals surface area contributed by atoms with Crippen molar-refractivity contribution in [3.05, 3.63) is 35.6 Å². The van der Waals surface area contributed by atoms with Gasteiger partial charge in [0.2, 0.25) is 0 Å². The largest absolute Gasteiger partial charge is 0.320 e. The zero-order chi connectivity index (χ0) is 11.4. The van der Waals surface area contributed by atoms with E-state index in [1.54, 1.807) is 18.2 Å². The van der Waals surface area contributed by atoms with E-state index in [4.69, 9.17) is 11.6 Å². The lowest BCUT2D eigenvalue weighted by molar-refractivity contribution is -0.131. The Bertz CT molecular complexity index is 354. The van der Waals surface area contributed by atoms with E-state index < -0.39 is 11.9 Å². The second-order valence-electron chi connectivity index (χ2n) is 3.35. The first kappa shape index (κ1) is 11.6. The fourth-order valence-corrected chi connectivity index (χ4v) is 1.25. The number of likely N-dealkylation sites (N-methyl/N-ethyl adjacent to an activating group) is 1. The van der Waals surface area contributed by atoms with E-state index in [2.05, 4.69) is 0 Å². The molecular weight excluding hydrogens is 197 g/mol. The zero-order valence-electron chi connectivity index (χ0n) is 8.48. The third kappa shape index (κ3) is 3.00. The average molecular weight is 211 g/mol. The molecule has 1 amide bonds. The Balaban J connectivity index is 2.71. The van der Waals surface area contributed by atoms with Crippen LogP contribution in [0.4, 0.5) is 4.39 Å². The lowest BCUT2D eigenvalue weighted by atomic mass is 10.1. The molecule has 0 radical (unpaired) electrons. The average Bonchev–Trinajstić information content (AvgIpc) is 2.20. The third-order valence-electron chi connectivity index (χ3n) is 2.06. The molecule has 0 heterocycles. The molecule has 82 valence electrons. The summed E-state index contributed by atoms with van der Waals surface area (Å²) in [6, 6.07) is 5.40. The number of carbonyl (C=O) groups is 1. The van der Waals surface area contributed by atoms with Crippen LogP contribution < -0.4 is 11.6 Å². The molecule has 1 aromatic rings. The van der Waals surface area contributed by atoms with Crippen LogP contribution in [0.25, 0.3) is 0 Å². The zero-order valence-corrected chi connectivity index (χ0v) is 8.48. The van der Waals surface area contributed by atoms with Gasteiger partial charge in [0.05, 0.1) is 6.04 Å². The Morgan fingerprint density at radius 1 is 1.53 bits per heavy atom. The van der Waals surface area contributed by atoms with Gasteiger partial charge in [-0.05, 0) is 18.1 Å². The number of rotatable bonds is 3. The number of halogens is 1. The van der Waals surface area contributed by atoms with Crippen molar-refractivity contribution in [1.29, 1.82) is 0 Å². The maximum atomic E-state index is 13.2. The minimum absolute atomic E-state index is 0.146. The van der Waals surface area contributed by atoms with Crippen molar-refractivity contribution in [3.8, 4) is 0 Å². The number of amides is 1. The van der Waals surface area contributed by atoms with Gasteiger partial charge in [-0.1, -0.05) is 18.2 Å². The van der Waals surface area contributed by atoms with Crippen LogP contribution in [0.3, 0.4) is 0 Å². The molecule has 0 aliphatic carbocycles. The molecule has 5 heteroatoms. The van der Waals surface area contributed by atoms with Crippen LogP contribution in [0.1, 0.15) is 5.56 Å². The Morgan fingerprint density at radius 3 is 2.67 bits per heavy atom. The summed E-state index contributed by atoms with van der Waals surface area (Å²) >= 11 is 0. The molecule has 4 nitrogen and oxygen atoms in total. The highest BCUT2D eigenvalue weighted by Gasteiger charge is 2.17. The first-order chi connectivity index (χ1) is 7.02. The van der Waals surface area contributed by atoms with Crippen LogP contribution in [0.5, 0.6) is 0 Å². The van der Waals surface area contributed by atoms with Crippen molar-refractivity contribution in [3.63, 3.8) is 0 Å². The summed E-state index contributed by atoms with van der Waals surface area (Å²) in [5, 5.41) is 0.908. The van der Waals surface area contributed by atoms with Crippen LogP contribution in [0.15, 0.2) is 24.3 Å². The predicted molar refractivity (Wildman–Crippen MR) is 55.0 cm³/mol. The van der Waals surface area contributed by atoms with Gasteiger partial charge in [0, 0.05) is 7.05 Å². The highest BCUT2D eigenvalue weighted by Crippen LogP contribution is 2.08. The predicted octanol–water partition coefficient (Wildman–Crippen LogP) is 0.0276. The lowest BCUT2D eigenvalue weighted by Gasteiger charge is -2.16. The fourth-order valence-electron chi connectivity index (χ4n) is 1.25. The summed E-state index contributed by atoms with van der Waals surface area (Å²) in [6.07, 6.45) is 0.146. The number of hydrogen-bond donors (Lipinski definition) is 2. The van der Waals surface area contributed by atoms with Gasteiger partial charge in [0.25, 0.3) is 5.91 Å². The molecule has 0 saturated heterocycles. The van der Waals surface area contributed by atoms with Gasteiger partial charge in [0.1, 0.15) is 5.82 Å². The van der Waals surface area contributed by atoms with Gasteiger partial charge in [0.15, 0.2) is 0 Å².